The molecule has 1 heterocycles. The van der Waals surface area contributed by atoms with Crippen LogP contribution in [0.1, 0.15) is 16.5 Å². The maximum Gasteiger partial charge on any atom is 0.0468 e. The zero-order valence-corrected chi connectivity index (χ0v) is 11.7. The monoisotopic (exact) mass is 285 g/mol. The summed E-state index contributed by atoms with van der Waals surface area (Å²) in [5.41, 5.74) is 0.978. The van der Waals surface area contributed by atoms with Crippen LogP contribution in [0.5, 0.6) is 0 Å². The Hall–Kier alpha value is -0.540. The number of rotatable bonds is 4. The quantitative estimate of drug-likeness (QED) is 0.869. The summed E-state index contributed by atoms with van der Waals surface area (Å²) in [6, 6.07) is 9.95. The summed E-state index contributed by atoms with van der Waals surface area (Å²) in [5, 5.41) is 6.79. The first-order valence-corrected chi connectivity index (χ1v) is 6.99. The van der Waals surface area contributed by atoms with E-state index in [0.29, 0.717) is 10.0 Å². The van der Waals surface area contributed by atoms with Gasteiger partial charge < -0.3 is 5.32 Å². The third-order valence-corrected chi connectivity index (χ3v) is 4.24. The molecule has 0 spiro atoms. The van der Waals surface area contributed by atoms with Crippen molar-refractivity contribution in [3.63, 3.8) is 0 Å². The number of hydrogen-bond donors (Lipinski definition) is 1. The molecule has 1 nitrogen and oxygen atoms in total. The number of benzene rings is 1. The highest BCUT2D eigenvalue weighted by Crippen LogP contribution is 2.32. The molecule has 17 heavy (non-hydrogen) atoms. The molecule has 0 saturated heterocycles. The molecule has 0 amide bonds. The van der Waals surface area contributed by atoms with E-state index in [2.05, 4.69) is 22.8 Å². The van der Waals surface area contributed by atoms with Crippen molar-refractivity contribution >= 4 is 34.5 Å². The summed E-state index contributed by atoms with van der Waals surface area (Å²) >= 11 is 14.2. The summed E-state index contributed by atoms with van der Waals surface area (Å²) in [6.45, 7) is 0. The second-order valence-corrected chi connectivity index (χ2v) is 5.61. The predicted octanol–water partition coefficient (Wildman–Crippen LogP) is 4.56. The highest BCUT2D eigenvalue weighted by Gasteiger charge is 2.17. The van der Waals surface area contributed by atoms with Gasteiger partial charge >= 0.3 is 0 Å². The first kappa shape index (κ1) is 12.9. The summed E-state index contributed by atoms with van der Waals surface area (Å²) < 4.78 is 0. The van der Waals surface area contributed by atoms with E-state index in [1.807, 2.05) is 25.2 Å². The molecule has 1 aromatic heterocycles. The van der Waals surface area contributed by atoms with Crippen LogP contribution in [0.25, 0.3) is 0 Å². The number of thiophene rings is 1. The second-order valence-electron chi connectivity index (χ2n) is 3.76. The van der Waals surface area contributed by atoms with E-state index in [4.69, 9.17) is 23.2 Å². The fourth-order valence-electron chi connectivity index (χ4n) is 1.82. The Morgan fingerprint density at radius 3 is 2.41 bits per heavy atom. The lowest BCUT2D eigenvalue weighted by molar-refractivity contribution is 0.597. The molecule has 0 aliphatic rings. The molecule has 0 fully saturated rings. The summed E-state index contributed by atoms with van der Waals surface area (Å²) in [5.74, 6) is 0. The topological polar surface area (TPSA) is 12.0 Å². The van der Waals surface area contributed by atoms with E-state index < -0.39 is 0 Å². The average Bonchev–Trinajstić information content (AvgIpc) is 2.80. The van der Waals surface area contributed by atoms with Gasteiger partial charge in [-0.05, 0) is 30.6 Å². The Kier molecular flexibility index (Phi) is 4.46. The lowest BCUT2D eigenvalue weighted by Gasteiger charge is -2.18. The van der Waals surface area contributed by atoms with Crippen LogP contribution in [0, 0.1) is 0 Å². The van der Waals surface area contributed by atoms with Gasteiger partial charge in [-0.2, -0.15) is 0 Å². The molecule has 1 N–H and O–H groups in total. The van der Waals surface area contributed by atoms with Gasteiger partial charge in [-0.15, -0.1) is 11.3 Å². The first-order chi connectivity index (χ1) is 8.22. The minimum absolute atomic E-state index is 0.148. The van der Waals surface area contributed by atoms with Crippen molar-refractivity contribution in [1.29, 1.82) is 0 Å². The molecular formula is C13H13Cl2NS. The van der Waals surface area contributed by atoms with E-state index in [-0.39, 0.29) is 6.04 Å². The molecule has 90 valence electrons. The molecule has 2 rings (SSSR count). The van der Waals surface area contributed by atoms with Crippen molar-refractivity contribution in [1.82, 2.24) is 5.32 Å². The lowest BCUT2D eigenvalue weighted by Crippen LogP contribution is -2.19. The highest BCUT2D eigenvalue weighted by molar-refractivity contribution is 7.09. The van der Waals surface area contributed by atoms with Crippen LogP contribution in [-0.4, -0.2) is 7.05 Å². The first-order valence-electron chi connectivity index (χ1n) is 5.36. The van der Waals surface area contributed by atoms with Crippen LogP contribution in [0.3, 0.4) is 0 Å². The van der Waals surface area contributed by atoms with Crippen molar-refractivity contribution in [2.75, 3.05) is 7.05 Å². The molecule has 4 heteroatoms. The minimum Gasteiger partial charge on any atom is -0.313 e. The second kappa shape index (κ2) is 5.87. The fraction of sp³-hybridized carbons (Fsp3) is 0.231. The molecule has 0 aliphatic carbocycles. The maximum absolute atomic E-state index is 6.22. The van der Waals surface area contributed by atoms with Gasteiger partial charge in [0.25, 0.3) is 0 Å². The number of halogens is 2. The highest BCUT2D eigenvalue weighted by atomic mass is 35.5. The van der Waals surface area contributed by atoms with E-state index in [1.54, 1.807) is 11.3 Å². The van der Waals surface area contributed by atoms with E-state index in [0.717, 1.165) is 12.0 Å². The number of nitrogens with one attached hydrogen (secondary N) is 1. The lowest BCUT2D eigenvalue weighted by atomic mass is 10.0. The molecular weight excluding hydrogens is 273 g/mol. The molecule has 0 aliphatic heterocycles. The van der Waals surface area contributed by atoms with Crippen molar-refractivity contribution in [2.45, 2.75) is 12.5 Å². The molecule has 0 radical (unpaired) electrons. The van der Waals surface area contributed by atoms with Gasteiger partial charge in [-0.3, -0.25) is 0 Å². The van der Waals surface area contributed by atoms with Crippen LogP contribution in [0.2, 0.25) is 10.0 Å². The van der Waals surface area contributed by atoms with Gasteiger partial charge in [0.15, 0.2) is 0 Å². The zero-order valence-electron chi connectivity index (χ0n) is 9.41. The van der Waals surface area contributed by atoms with Crippen LogP contribution in [0.15, 0.2) is 35.7 Å². The molecule has 0 bridgehead atoms. The SMILES string of the molecule is CNC(Cc1cccs1)c1c(Cl)cccc1Cl. The molecule has 2 aromatic rings. The summed E-state index contributed by atoms with van der Waals surface area (Å²) in [6.07, 6.45) is 0.900. The van der Waals surface area contributed by atoms with E-state index in [1.165, 1.54) is 4.88 Å². The van der Waals surface area contributed by atoms with Crippen LogP contribution in [0.4, 0.5) is 0 Å². The van der Waals surface area contributed by atoms with Gasteiger partial charge in [0, 0.05) is 32.9 Å². The summed E-state index contributed by atoms with van der Waals surface area (Å²) in [4.78, 5) is 1.32. The van der Waals surface area contributed by atoms with Gasteiger partial charge in [-0.25, -0.2) is 0 Å². The van der Waals surface area contributed by atoms with Crippen molar-refractivity contribution in [3.8, 4) is 0 Å². The van der Waals surface area contributed by atoms with Crippen molar-refractivity contribution in [2.24, 2.45) is 0 Å². The summed E-state index contributed by atoms with van der Waals surface area (Å²) in [7, 11) is 1.93. The Bertz CT molecular complexity index is 462. The molecule has 0 saturated carbocycles. The van der Waals surface area contributed by atoms with Crippen molar-refractivity contribution in [3.05, 3.63) is 56.2 Å². The Morgan fingerprint density at radius 2 is 1.88 bits per heavy atom. The Labute approximate surface area is 115 Å². The molecule has 1 atom stereocenters. The van der Waals surface area contributed by atoms with Crippen LogP contribution >= 0.6 is 34.5 Å². The molecule has 1 aromatic carbocycles. The van der Waals surface area contributed by atoms with E-state index in [9.17, 15) is 0 Å². The smallest absolute Gasteiger partial charge is 0.0468 e. The molecule has 1 unspecified atom stereocenters. The standard InChI is InChI=1S/C13H13Cl2NS/c1-16-12(8-9-4-3-7-17-9)13-10(14)5-2-6-11(13)15/h2-7,12,16H,8H2,1H3. The number of hydrogen-bond acceptors (Lipinski definition) is 2. The van der Waals surface area contributed by atoms with Gasteiger partial charge in [0.05, 0.1) is 0 Å². The zero-order chi connectivity index (χ0) is 12.3. The van der Waals surface area contributed by atoms with Gasteiger partial charge in [0.1, 0.15) is 0 Å². The van der Waals surface area contributed by atoms with Gasteiger partial charge in [-0.1, -0.05) is 35.3 Å². The van der Waals surface area contributed by atoms with Crippen molar-refractivity contribution < 1.29 is 0 Å². The third-order valence-electron chi connectivity index (χ3n) is 2.68. The third kappa shape index (κ3) is 3.02. The normalized spacial score (nSPS) is 12.6. The fourth-order valence-corrected chi connectivity index (χ4v) is 3.23. The van der Waals surface area contributed by atoms with Crippen LogP contribution < -0.4 is 5.32 Å². The van der Waals surface area contributed by atoms with E-state index >= 15 is 0 Å². The Balaban J connectivity index is 2.29. The number of likely N-dealkylation sites (N-methyl/N-ethyl adjacent to an activating group) is 1. The Morgan fingerprint density at radius 1 is 1.18 bits per heavy atom. The maximum atomic E-state index is 6.22. The van der Waals surface area contributed by atoms with Gasteiger partial charge in [0.2, 0.25) is 0 Å². The largest absolute Gasteiger partial charge is 0.313 e. The predicted molar refractivity (Wildman–Crippen MR) is 76.3 cm³/mol. The minimum atomic E-state index is 0.148. The van der Waals surface area contributed by atoms with Crippen LogP contribution in [-0.2, 0) is 6.42 Å². The average molecular weight is 286 g/mol.